The Morgan fingerprint density at radius 1 is 1.18 bits per heavy atom. The zero-order chi connectivity index (χ0) is 15.9. The summed E-state index contributed by atoms with van der Waals surface area (Å²) in [6.07, 6.45) is 1.34. The summed E-state index contributed by atoms with van der Waals surface area (Å²) in [7, 11) is 0. The van der Waals surface area contributed by atoms with Crippen LogP contribution >= 0.6 is 0 Å². The number of hydrogen-bond acceptors (Lipinski definition) is 4. The predicted molar refractivity (Wildman–Crippen MR) is 78.1 cm³/mol. The van der Waals surface area contributed by atoms with E-state index in [1.165, 1.54) is 18.3 Å². The highest BCUT2D eigenvalue weighted by Gasteiger charge is 2.09. The van der Waals surface area contributed by atoms with Crippen LogP contribution in [0.25, 0.3) is 6.08 Å². The van der Waals surface area contributed by atoms with Gasteiger partial charge >= 0.3 is 0 Å². The van der Waals surface area contributed by atoms with E-state index in [1.807, 2.05) is 0 Å². The first kappa shape index (κ1) is 15.1. The van der Waals surface area contributed by atoms with E-state index in [0.717, 1.165) is 6.20 Å². The van der Waals surface area contributed by atoms with E-state index in [1.54, 1.807) is 36.4 Å². The first-order valence-corrected chi connectivity index (χ1v) is 6.25. The number of allylic oxidation sites excluding steroid dienone is 1. The van der Waals surface area contributed by atoms with Gasteiger partial charge in [-0.15, -0.1) is 0 Å². The van der Waals surface area contributed by atoms with Gasteiger partial charge in [0.05, 0.1) is 11.9 Å². The summed E-state index contributed by atoms with van der Waals surface area (Å²) in [6.45, 7) is 0. The van der Waals surface area contributed by atoms with Gasteiger partial charge in [0.15, 0.2) is 0 Å². The molecule has 0 saturated heterocycles. The van der Waals surface area contributed by atoms with E-state index in [-0.39, 0.29) is 11.1 Å². The zero-order valence-electron chi connectivity index (χ0n) is 11.3. The van der Waals surface area contributed by atoms with Crippen molar-refractivity contribution < 1.29 is 8.78 Å². The molecule has 0 spiro atoms. The van der Waals surface area contributed by atoms with Gasteiger partial charge in [0.1, 0.15) is 17.7 Å². The van der Waals surface area contributed by atoms with Gasteiger partial charge in [-0.1, -0.05) is 18.2 Å². The van der Waals surface area contributed by atoms with Crippen molar-refractivity contribution in [2.45, 2.75) is 6.43 Å². The van der Waals surface area contributed by atoms with Crippen molar-refractivity contribution in [3.05, 3.63) is 59.4 Å². The number of aromatic nitrogens is 1. The van der Waals surface area contributed by atoms with Crippen LogP contribution in [0.4, 0.5) is 20.2 Å². The van der Waals surface area contributed by atoms with Gasteiger partial charge in [-0.3, -0.25) is 4.98 Å². The second-order valence-electron chi connectivity index (χ2n) is 4.30. The Bertz CT molecular complexity index is 769. The third-order valence-corrected chi connectivity index (χ3v) is 2.79. The zero-order valence-corrected chi connectivity index (χ0v) is 11.3. The normalized spacial score (nSPS) is 9.68. The van der Waals surface area contributed by atoms with Crippen molar-refractivity contribution in [3.8, 4) is 12.1 Å². The first-order valence-electron chi connectivity index (χ1n) is 6.25. The van der Waals surface area contributed by atoms with Crippen LogP contribution in [0.2, 0.25) is 0 Å². The Kier molecular flexibility index (Phi) is 4.79. The van der Waals surface area contributed by atoms with Gasteiger partial charge < -0.3 is 5.32 Å². The summed E-state index contributed by atoms with van der Waals surface area (Å²) in [5.41, 5.74) is 1.34. The molecule has 1 aromatic heterocycles. The number of pyridine rings is 1. The second-order valence-corrected chi connectivity index (χ2v) is 4.30. The molecule has 0 saturated carbocycles. The van der Waals surface area contributed by atoms with E-state index in [2.05, 4.69) is 10.3 Å². The van der Waals surface area contributed by atoms with Crippen LogP contribution < -0.4 is 5.32 Å². The molecular weight excluding hydrogens is 286 g/mol. The number of anilines is 2. The predicted octanol–water partition coefficient (Wildman–Crippen LogP) is 4.19. The quantitative estimate of drug-likeness (QED) is 0.858. The van der Waals surface area contributed by atoms with E-state index in [0.29, 0.717) is 16.9 Å². The summed E-state index contributed by atoms with van der Waals surface area (Å²) in [5.74, 6) is 0. The minimum atomic E-state index is -2.60. The summed E-state index contributed by atoms with van der Waals surface area (Å²) in [6, 6.07) is 11.8. The summed E-state index contributed by atoms with van der Waals surface area (Å²) < 4.78 is 25.4. The van der Waals surface area contributed by atoms with Gasteiger partial charge in [0.25, 0.3) is 6.43 Å². The Labute approximate surface area is 126 Å². The topological polar surface area (TPSA) is 72.5 Å². The molecule has 2 aromatic rings. The van der Waals surface area contributed by atoms with Crippen LogP contribution in [-0.2, 0) is 0 Å². The van der Waals surface area contributed by atoms with E-state index >= 15 is 0 Å². The van der Waals surface area contributed by atoms with Gasteiger partial charge in [-0.2, -0.15) is 10.5 Å². The summed E-state index contributed by atoms with van der Waals surface area (Å²) >= 11 is 0. The highest BCUT2D eigenvalue weighted by Crippen LogP contribution is 2.25. The standard InChI is InChI=1S/C16H10F2N4/c17-16(18)13-6-14(10-21-9-13)22-15-4-2-1-3-12(15)5-11(7-19)8-20/h1-6,9-10,16,22H. The number of nitrogens with zero attached hydrogens (tertiary/aromatic N) is 3. The molecule has 2 rings (SSSR count). The number of rotatable bonds is 4. The second kappa shape index (κ2) is 6.96. The maximum atomic E-state index is 12.7. The van der Waals surface area contributed by atoms with Crippen molar-refractivity contribution >= 4 is 17.5 Å². The summed E-state index contributed by atoms with van der Waals surface area (Å²) in [4.78, 5) is 3.76. The Hall–Kier alpha value is -3.25. The number of nitrogens with one attached hydrogen (secondary N) is 1. The highest BCUT2D eigenvalue weighted by atomic mass is 19.3. The molecule has 0 aliphatic rings. The molecular formula is C16H10F2N4. The molecule has 0 atom stereocenters. The van der Waals surface area contributed by atoms with Crippen LogP contribution in [-0.4, -0.2) is 4.98 Å². The van der Waals surface area contributed by atoms with Crippen LogP contribution in [0.5, 0.6) is 0 Å². The maximum Gasteiger partial charge on any atom is 0.265 e. The molecule has 1 heterocycles. The molecule has 4 nitrogen and oxygen atoms in total. The molecule has 0 unspecified atom stereocenters. The van der Waals surface area contributed by atoms with Crippen molar-refractivity contribution in [1.29, 1.82) is 10.5 Å². The van der Waals surface area contributed by atoms with Crippen molar-refractivity contribution in [3.63, 3.8) is 0 Å². The fourth-order valence-corrected chi connectivity index (χ4v) is 1.78. The number of halogens is 2. The number of alkyl halides is 2. The lowest BCUT2D eigenvalue weighted by Crippen LogP contribution is -1.96. The lowest BCUT2D eigenvalue weighted by atomic mass is 10.1. The molecule has 6 heteroatoms. The molecule has 0 radical (unpaired) electrons. The average Bonchev–Trinajstić information content (AvgIpc) is 2.54. The fraction of sp³-hybridized carbons (Fsp3) is 0.0625. The van der Waals surface area contributed by atoms with Crippen molar-refractivity contribution in [1.82, 2.24) is 4.98 Å². The molecule has 0 fully saturated rings. The molecule has 0 bridgehead atoms. The Morgan fingerprint density at radius 2 is 1.91 bits per heavy atom. The fourth-order valence-electron chi connectivity index (χ4n) is 1.78. The van der Waals surface area contributed by atoms with Crippen molar-refractivity contribution in [2.75, 3.05) is 5.32 Å². The van der Waals surface area contributed by atoms with Crippen molar-refractivity contribution in [2.24, 2.45) is 0 Å². The van der Waals surface area contributed by atoms with Crippen LogP contribution in [0.15, 0.2) is 48.3 Å². The van der Waals surface area contributed by atoms with E-state index < -0.39 is 6.43 Å². The number of hydrogen-bond donors (Lipinski definition) is 1. The molecule has 108 valence electrons. The van der Waals surface area contributed by atoms with E-state index in [4.69, 9.17) is 10.5 Å². The number of nitriles is 2. The number of benzene rings is 1. The lowest BCUT2D eigenvalue weighted by Gasteiger charge is -2.10. The van der Waals surface area contributed by atoms with Gasteiger partial charge in [-0.05, 0) is 23.8 Å². The largest absolute Gasteiger partial charge is 0.354 e. The summed E-state index contributed by atoms with van der Waals surface area (Å²) in [5, 5.41) is 20.6. The first-order chi connectivity index (χ1) is 10.6. The SMILES string of the molecule is N#CC(C#N)=Cc1ccccc1Nc1cncc(C(F)F)c1. The molecule has 0 aliphatic heterocycles. The van der Waals surface area contributed by atoms with Crippen LogP contribution in [0.3, 0.4) is 0 Å². The minimum absolute atomic E-state index is 0.0475. The van der Waals surface area contributed by atoms with Gasteiger partial charge in [-0.25, -0.2) is 8.78 Å². The monoisotopic (exact) mass is 296 g/mol. The van der Waals surface area contributed by atoms with Gasteiger partial charge in [0.2, 0.25) is 0 Å². The molecule has 1 aromatic carbocycles. The minimum Gasteiger partial charge on any atom is -0.354 e. The molecule has 22 heavy (non-hydrogen) atoms. The van der Waals surface area contributed by atoms with Crippen LogP contribution in [0.1, 0.15) is 17.6 Å². The highest BCUT2D eigenvalue weighted by molar-refractivity contribution is 5.75. The molecule has 0 amide bonds. The average molecular weight is 296 g/mol. The number of para-hydroxylation sites is 1. The maximum absolute atomic E-state index is 12.7. The molecule has 1 N–H and O–H groups in total. The Morgan fingerprint density at radius 3 is 2.59 bits per heavy atom. The van der Waals surface area contributed by atoms with Crippen LogP contribution in [0, 0.1) is 22.7 Å². The third-order valence-electron chi connectivity index (χ3n) is 2.79. The Balaban J connectivity index is 2.35. The van der Waals surface area contributed by atoms with Gasteiger partial charge in [0, 0.05) is 17.4 Å². The smallest absolute Gasteiger partial charge is 0.265 e. The lowest BCUT2D eigenvalue weighted by molar-refractivity contribution is 0.151. The molecule has 0 aliphatic carbocycles. The van der Waals surface area contributed by atoms with E-state index in [9.17, 15) is 8.78 Å². The third kappa shape index (κ3) is 3.65.